The van der Waals surface area contributed by atoms with Gasteiger partial charge in [0.25, 0.3) is 0 Å². The molecule has 0 fully saturated rings. The molecule has 1 rings (SSSR count). The van der Waals surface area contributed by atoms with Gasteiger partial charge in [-0.1, -0.05) is 70.4 Å². The number of unbranched alkanes of at least 4 members (excludes halogenated alkanes) is 7. The number of hydrogen-bond donors (Lipinski definition) is 3. The highest BCUT2D eigenvalue weighted by Gasteiger charge is 2.44. The fourth-order valence-electron chi connectivity index (χ4n) is 4.28. The van der Waals surface area contributed by atoms with Crippen molar-refractivity contribution in [2.24, 2.45) is 23.7 Å². The van der Waals surface area contributed by atoms with Crippen LogP contribution >= 0.6 is 0 Å². The predicted molar refractivity (Wildman–Crippen MR) is 107 cm³/mol. The van der Waals surface area contributed by atoms with E-state index in [-0.39, 0.29) is 18.3 Å². The van der Waals surface area contributed by atoms with E-state index in [9.17, 15) is 24.6 Å². The van der Waals surface area contributed by atoms with E-state index in [2.05, 4.69) is 6.92 Å². The zero-order valence-corrected chi connectivity index (χ0v) is 17.0. The SMILES string of the molecule is CCCCCC1C=CC(CCCCCCCCC(=O)O)C(C(=O)O)C1C(=O)O. The Morgan fingerprint density at radius 3 is 1.54 bits per heavy atom. The molecule has 0 bridgehead atoms. The zero-order chi connectivity index (χ0) is 20.9. The van der Waals surface area contributed by atoms with Crippen LogP contribution in [-0.2, 0) is 14.4 Å². The number of carboxylic acid groups (broad SMARTS) is 3. The summed E-state index contributed by atoms with van der Waals surface area (Å²) in [5, 5.41) is 28.0. The Kier molecular flexibility index (Phi) is 11.5. The lowest BCUT2D eigenvalue weighted by Gasteiger charge is -2.35. The number of allylic oxidation sites excluding steroid dienone is 2. The molecule has 0 spiro atoms. The van der Waals surface area contributed by atoms with Crippen molar-refractivity contribution < 1.29 is 29.7 Å². The zero-order valence-electron chi connectivity index (χ0n) is 17.0. The molecule has 0 radical (unpaired) electrons. The maximum atomic E-state index is 11.9. The number of rotatable bonds is 15. The van der Waals surface area contributed by atoms with E-state index in [1.165, 1.54) is 0 Å². The molecule has 0 saturated heterocycles. The average Bonchev–Trinajstić information content (AvgIpc) is 2.63. The third-order valence-corrected chi connectivity index (χ3v) is 5.80. The van der Waals surface area contributed by atoms with E-state index in [4.69, 9.17) is 5.11 Å². The molecule has 28 heavy (non-hydrogen) atoms. The molecule has 3 N–H and O–H groups in total. The van der Waals surface area contributed by atoms with Crippen molar-refractivity contribution >= 4 is 17.9 Å². The highest BCUT2D eigenvalue weighted by atomic mass is 16.4. The minimum absolute atomic E-state index is 0.198. The first-order valence-electron chi connectivity index (χ1n) is 10.7. The molecule has 4 unspecified atom stereocenters. The first-order valence-corrected chi connectivity index (χ1v) is 10.7. The molecule has 0 aromatic rings. The fraction of sp³-hybridized carbons (Fsp3) is 0.773. The molecule has 0 amide bonds. The summed E-state index contributed by atoms with van der Waals surface area (Å²) in [5.41, 5.74) is 0. The van der Waals surface area contributed by atoms with Crippen LogP contribution in [0.1, 0.15) is 84.0 Å². The van der Waals surface area contributed by atoms with Gasteiger partial charge in [0.05, 0.1) is 11.8 Å². The van der Waals surface area contributed by atoms with Crippen molar-refractivity contribution in [1.82, 2.24) is 0 Å². The number of carbonyl (C=O) groups is 3. The van der Waals surface area contributed by atoms with E-state index >= 15 is 0 Å². The highest BCUT2D eigenvalue weighted by molar-refractivity contribution is 5.81. The van der Waals surface area contributed by atoms with Crippen LogP contribution in [-0.4, -0.2) is 33.2 Å². The Balaban J connectivity index is 2.53. The second-order valence-electron chi connectivity index (χ2n) is 7.99. The van der Waals surface area contributed by atoms with Gasteiger partial charge in [0, 0.05) is 6.42 Å². The number of aliphatic carboxylic acids is 3. The van der Waals surface area contributed by atoms with Gasteiger partial charge < -0.3 is 15.3 Å². The Labute approximate surface area is 168 Å². The van der Waals surface area contributed by atoms with Gasteiger partial charge in [-0.15, -0.1) is 0 Å². The third-order valence-electron chi connectivity index (χ3n) is 5.80. The van der Waals surface area contributed by atoms with Gasteiger partial charge in [-0.25, -0.2) is 0 Å². The van der Waals surface area contributed by atoms with Crippen molar-refractivity contribution in [3.8, 4) is 0 Å². The number of carboxylic acids is 3. The molecule has 4 atom stereocenters. The van der Waals surface area contributed by atoms with Crippen LogP contribution in [0.3, 0.4) is 0 Å². The molecular weight excluding hydrogens is 360 g/mol. The molecule has 0 heterocycles. The quantitative estimate of drug-likeness (QED) is 0.266. The first kappa shape index (κ1) is 24.2. The maximum Gasteiger partial charge on any atom is 0.307 e. The second-order valence-corrected chi connectivity index (χ2v) is 7.99. The van der Waals surface area contributed by atoms with Gasteiger partial charge in [0.15, 0.2) is 0 Å². The van der Waals surface area contributed by atoms with Gasteiger partial charge in [0.1, 0.15) is 0 Å². The molecule has 6 nitrogen and oxygen atoms in total. The Morgan fingerprint density at radius 1 is 0.679 bits per heavy atom. The lowest BCUT2D eigenvalue weighted by Crippen LogP contribution is -2.41. The topological polar surface area (TPSA) is 112 Å². The lowest BCUT2D eigenvalue weighted by atomic mass is 9.67. The second kappa shape index (κ2) is 13.3. The summed E-state index contributed by atoms with van der Waals surface area (Å²) in [5.74, 6) is -4.89. The molecule has 0 aromatic heterocycles. The predicted octanol–water partition coefficient (Wildman–Crippen LogP) is 4.98. The minimum Gasteiger partial charge on any atom is -0.481 e. The summed E-state index contributed by atoms with van der Waals surface area (Å²) in [6.07, 6.45) is 13.9. The van der Waals surface area contributed by atoms with E-state index < -0.39 is 29.7 Å². The van der Waals surface area contributed by atoms with Crippen LogP contribution in [0.5, 0.6) is 0 Å². The Hall–Kier alpha value is -1.85. The summed E-state index contributed by atoms with van der Waals surface area (Å²) in [6.45, 7) is 2.09. The molecule has 0 saturated carbocycles. The van der Waals surface area contributed by atoms with Crippen LogP contribution in [0.2, 0.25) is 0 Å². The van der Waals surface area contributed by atoms with Crippen molar-refractivity contribution in [1.29, 1.82) is 0 Å². The van der Waals surface area contributed by atoms with Gasteiger partial charge in [-0.2, -0.15) is 0 Å². The molecule has 0 aliphatic heterocycles. The van der Waals surface area contributed by atoms with E-state index in [1.54, 1.807) is 0 Å². The number of hydrogen-bond acceptors (Lipinski definition) is 3. The minimum atomic E-state index is -1.00. The Bertz CT molecular complexity index is 527. The maximum absolute atomic E-state index is 11.9. The van der Waals surface area contributed by atoms with Gasteiger partial charge in [-0.05, 0) is 31.1 Å². The van der Waals surface area contributed by atoms with Crippen LogP contribution in [0, 0.1) is 23.7 Å². The summed E-state index contributed by atoms with van der Waals surface area (Å²) in [4.78, 5) is 34.2. The molecule has 1 aliphatic carbocycles. The third kappa shape index (κ3) is 8.44. The largest absolute Gasteiger partial charge is 0.481 e. The van der Waals surface area contributed by atoms with E-state index in [1.807, 2.05) is 12.2 Å². The van der Waals surface area contributed by atoms with Gasteiger partial charge >= 0.3 is 17.9 Å². The Morgan fingerprint density at radius 2 is 1.11 bits per heavy atom. The molecule has 1 aliphatic rings. The molecule has 160 valence electrons. The van der Waals surface area contributed by atoms with Gasteiger partial charge in [0.2, 0.25) is 0 Å². The standard InChI is InChI=1S/C22H36O6/c1-2-3-8-11-16-14-15-17(20(22(27)28)19(16)21(25)26)12-9-6-4-5-7-10-13-18(23)24/h14-17,19-20H,2-13H2,1H3,(H,23,24)(H,25,26)(H,27,28). The van der Waals surface area contributed by atoms with Crippen LogP contribution in [0.25, 0.3) is 0 Å². The van der Waals surface area contributed by atoms with E-state index in [0.29, 0.717) is 12.8 Å². The summed E-state index contributed by atoms with van der Waals surface area (Å²) < 4.78 is 0. The molecule has 6 heteroatoms. The smallest absolute Gasteiger partial charge is 0.307 e. The molecular formula is C22H36O6. The van der Waals surface area contributed by atoms with Crippen LogP contribution in [0.15, 0.2) is 12.2 Å². The average molecular weight is 397 g/mol. The van der Waals surface area contributed by atoms with Crippen LogP contribution in [0.4, 0.5) is 0 Å². The first-order chi connectivity index (χ1) is 13.4. The van der Waals surface area contributed by atoms with E-state index in [0.717, 1.165) is 57.8 Å². The normalized spacial score (nSPS) is 24.2. The van der Waals surface area contributed by atoms with Gasteiger partial charge in [-0.3, -0.25) is 14.4 Å². The summed E-state index contributed by atoms with van der Waals surface area (Å²) in [7, 11) is 0. The van der Waals surface area contributed by atoms with Crippen molar-refractivity contribution in [3.63, 3.8) is 0 Å². The van der Waals surface area contributed by atoms with Crippen molar-refractivity contribution in [3.05, 3.63) is 12.2 Å². The summed E-state index contributed by atoms with van der Waals surface area (Å²) in [6, 6.07) is 0. The van der Waals surface area contributed by atoms with Crippen molar-refractivity contribution in [2.75, 3.05) is 0 Å². The summed E-state index contributed by atoms with van der Waals surface area (Å²) >= 11 is 0. The lowest BCUT2D eigenvalue weighted by molar-refractivity contribution is -0.158. The monoisotopic (exact) mass is 396 g/mol. The van der Waals surface area contributed by atoms with Crippen molar-refractivity contribution in [2.45, 2.75) is 84.0 Å². The molecule has 0 aromatic carbocycles. The fourth-order valence-corrected chi connectivity index (χ4v) is 4.28. The highest BCUT2D eigenvalue weighted by Crippen LogP contribution is 2.39. The van der Waals surface area contributed by atoms with Crippen LogP contribution < -0.4 is 0 Å².